The van der Waals surface area contributed by atoms with E-state index in [-0.39, 0.29) is 41.9 Å². The van der Waals surface area contributed by atoms with E-state index in [9.17, 15) is 4.79 Å². The lowest BCUT2D eigenvalue weighted by Gasteiger charge is -2.19. The van der Waals surface area contributed by atoms with E-state index in [0.29, 0.717) is 25.6 Å². The van der Waals surface area contributed by atoms with Crippen molar-refractivity contribution in [1.82, 2.24) is 16.0 Å². The molecule has 1 aliphatic rings. The van der Waals surface area contributed by atoms with Crippen molar-refractivity contribution in [3.8, 4) is 11.5 Å². The number of benzene rings is 1. The fraction of sp³-hybridized carbons (Fsp3) is 0.619. The minimum absolute atomic E-state index is 0. The van der Waals surface area contributed by atoms with E-state index in [1.165, 1.54) is 12.8 Å². The van der Waals surface area contributed by atoms with E-state index < -0.39 is 0 Å². The van der Waals surface area contributed by atoms with Crippen molar-refractivity contribution in [3.05, 3.63) is 23.8 Å². The lowest BCUT2D eigenvalue weighted by atomic mass is 10.2. The van der Waals surface area contributed by atoms with Crippen LogP contribution in [0, 0.1) is 5.92 Å². The van der Waals surface area contributed by atoms with Crippen molar-refractivity contribution in [2.45, 2.75) is 52.2 Å². The highest BCUT2D eigenvalue weighted by atomic mass is 127. The molecule has 1 amide bonds. The molecule has 0 spiro atoms. The Labute approximate surface area is 191 Å². The van der Waals surface area contributed by atoms with Gasteiger partial charge in [-0.15, -0.1) is 24.0 Å². The van der Waals surface area contributed by atoms with Gasteiger partial charge < -0.3 is 25.4 Å². The standard InChI is InChI=1S/C21H34N4O3.HI/c1-15(2)20(26)23-11-12-24-21(22-3)25-14-16-9-10-18(27-4)13-19(16)28-17-7-5-6-8-17;/h9-10,13,15,17H,5-8,11-12,14H2,1-4H3,(H,23,26)(H2,22,24,25);1H. The van der Waals surface area contributed by atoms with Crippen molar-refractivity contribution in [3.63, 3.8) is 0 Å². The molecular weight excluding hydrogens is 483 g/mol. The highest BCUT2D eigenvalue weighted by molar-refractivity contribution is 14.0. The molecule has 2 rings (SSSR count). The second-order valence-electron chi connectivity index (χ2n) is 7.30. The van der Waals surface area contributed by atoms with E-state index in [1.54, 1.807) is 14.2 Å². The molecule has 0 unspecified atom stereocenters. The Morgan fingerprint density at radius 3 is 2.48 bits per heavy atom. The second-order valence-corrected chi connectivity index (χ2v) is 7.30. The number of nitrogens with zero attached hydrogens (tertiary/aromatic N) is 1. The third-order valence-electron chi connectivity index (χ3n) is 4.78. The molecule has 0 heterocycles. The van der Waals surface area contributed by atoms with Gasteiger partial charge in [0.1, 0.15) is 11.5 Å². The number of hydrogen-bond acceptors (Lipinski definition) is 4. The van der Waals surface area contributed by atoms with Crippen molar-refractivity contribution in [1.29, 1.82) is 0 Å². The lowest BCUT2D eigenvalue weighted by molar-refractivity contribution is -0.123. The van der Waals surface area contributed by atoms with Gasteiger partial charge in [0.15, 0.2) is 5.96 Å². The zero-order chi connectivity index (χ0) is 20.4. The van der Waals surface area contributed by atoms with E-state index in [2.05, 4.69) is 20.9 Å². The second kappa shape index (κ2) is 13.5. The molecule has 0 bridgehead atoms. The average molecular weight is 518 g/mol. The summed E-state index contributed by atoms with van der Waals surface area (Å²) in [6.45, 7) is 5.50. The highest BCUT2D eigenvalue weighted by Gasteiger charge is 2.18. The largest absolute Gasteiger partial charge is 0.497 e. The summed E-state index contributed by atoms with van der Waals surface area (Å²) >= 11 is 0. The Balaban J connectivity index is 0.00000420. The Morgan fingerprint density at radius 1 is 1.17 bits per heavy atom. The lowest BCUT2D eigenvalue weighted by Crippen LogP contribution is -2.41. The number of nitrogens with one attached hydrogen (secondary N) is 3. The van der Waals surface area contributed by atoms with Gasteiger partial charge in [-0.2, -0.15) is 0 Å². The molecule has 1 aromatic carbocycles. The maximum absolute atomic E-state index is 11.6. The summed E-state index contributed by atoms with van der Waals surface area (Å²) in [7, 11) is 3.39. The number of amides is 1. The number of methoxy groups -OCH3 is 1. The van der Waals surface area contributed by atoms with Gasteiger partial charge in [-0.25, -0.2) is 0 Å². The van der Waals surface area contributed by atoms with E-state index >= 15 is 0 Å². The van der Waals surface area contributed by atoms with Crippen LogP contribution in [0.15, 0.2) is 23.2 Å². The van der Waals surface area contributed by atoms with Gasteiger partial charge in [0.2, 0.25) is 5.91 Å². The summed E-state index contributed by atoms with van der Waals surface area (Å²) in [5.41, 5.74) is 1.06. The molecule has 0 atom stereocenters. The van der Waals surface area contributed by atoms with Crippen LogP contribution in [0.2, 0.25) is 0 Å². The van der Waals surface area contributed by atoms with E-state index in [1.807, 2.05) is 32.0 Å². The topological polar surface area (TPSA) is 84.0 Å². The molecule has 8 heteroatoms. The Kier molecular flexibility index (Phi) is 11.8. The minimum atomic E-state index is -0.00852. The SMILES string of the molecule is CN=C(NCCNC(=O)C(C)C)NCc1ccc(OC)cc1OC1CCCC1.I. The highest BCUT2D eigenvalue weighted by Crippen LogP contribution is 2.29. The van der Waals surface area contributed by atoms with Gasteiger partial charge in [0.25, 0.3) is 0 Å². The van der Waals surface area contributed by atoms with Crippen molar-refractivity contribution in [2.75, 3.05) is 27.2 Å². The predicted molar refractivity (Wildman–Crippen MR) is 127 cm³/mol. The first-order chi connectivity index (χ1) is 13.5. The number of carbonyl (C=O) groups is 1. The van der Waals surface area contributed by atoms with E-state index in [0.717, 1.165) is 29.9 Å². The summed E-state index contributed by atoms with van der Waals surface area (Å²) in [6, 6.07) is 5.91. The number of guanidine groups is 1. The first-order valence-electron chi connectivity index (χ1n) is 10.1. The fourth-order valence-electron chi connectivity index (χ4n) is 3.07. The molecule has 0 aromatic heterocycles. The van der Waals surface area contributed by atoms with Gasteiger partial charge in [-0.3, -0.25) is 9.79 Å². The zero-order valence-electron chi connectivity index (χ0n) is 17.9. The van der Waals surface area contributed by atoms with Crippen LogP contribution in [-0.4, -0.2) is 45.2 Å². The first-order valence-corrected chi connectivity index (χ1v) is 10.1. The molecular formula is C21H35IN4O3. The molecule has 7 nitrogen and oxygen atoms in total. The molecule has 1 aromatic rings. The van der Waals surface area contributed by atoms with Crippen LogP contribution < -0.4 is 25.4 Å². The molecule has 0 radical (unpaired) electrons. The van der Waals surface area contributed by atoms with Gasteiger partial charge in [0.05, 0.1) is 13.2 Å². The maximum Gasteiger partial charge on any atom is 0.222 e. The number of hydrogen-bond donors (Lipinski definition) is 3. The monoisotopic (exact) mass is 518 g/mol. The summed E-state index contributed by atoms with van der Waals surface area (Å²) in [6.07, 6.45) is 4.95. The van der Waals surface area contributed by atoms with Crippen molar-refractivity contribution in [2.24, 2.45) is 10.9 Å². The molecule has 164 valence electrons. The Bertz CT molecular complexity index is 661. The number of halogens is 1. The summed E-state index contributed by atoms with van der Waals surface area (Å²) in [5, 5.41) is 9.39. The Morgan fingerprint density at radius 2 is 1.86 bits per heavy atom. The molecule has 0 saturated heterocycles. The number of carbonyl (C=O) groups excluding carboxylic acids is 1. The summed E-state index contributed by atoms with van der Waals surface area (Å²) in [5.74, 6) is 2.38. The van der Waals surface area contributed by atoms with Gasteiger partial charge in [0, 0.05) is 44.2 Å². The quantitative estimate of drug-likeness (QED) is 0.203. The van der Waals surface area contributed by atoms with Crippen LogP contribution in [0.4, 0.5) is 0 Å². The van der Waals surface area contributed by atoms with Gasteiger partial charge in [-0.1, -0.05) is 13.8 Å². The van der Waals surface area contributed by atoms with Crippen LogP contribution in [0.25, 0.3) is 0 Å². The normalized spacial score (nSPS) is 14.3. The average Bonchev–Trinajstić information content (AvgIpc) is 3.20. The third kappa shape index (κ3) is 8.67. The maximum atomic E-state index is 11.6. The zero-order valence-corrected chi connectivity index (χ0v) is 20.2. The van der Waals surface area contributed by atoms with Crippen molar-refractivity contribution >= 4 is 35.8 Å². The van der Waals surface area contributed by atoms with Crippen LogP contribution >= 0.6 is 24.0 Å². The third-order valence-corrected chi connectivity index (χ3v) is 4.78. The smallest absolute Gasteiger partial charge is 0.222 e. The predicted octanol–water partition coefficient (Wildman–Crippen LogP) is 3.07. The number of ether oxygens (including phenoxy) is 2. The van der Waals surface area contributed by atoms with Gasteiger partial charge >= 0.3 is 0 Å². The first kappa shape index (κ1) is 25.3. The fourth-order valence-corrected chi connectivity index (χ4v) is 3.07. The van der Waals surface area contributed by atoms with Crippen LogP contribution in [0.1, 0.15) is 45.1 Å². The van der Waals surface area contributed by atoms with E-state index in [4.69, 9.17) is 9.47 Å². The molecule has 1 fully saturated rings. The molecule has 1 saturated carbocycles. The van der Waals surface area contributed by atoms with Crippen LogP contribution in [0.5, 0.6) is 11.5 Å². The molecule has 0 aliphatic heterocycles. The Hall–Kier alpha value is -1.71. The van der Waals surface area contributed by atoms with Crippen LogP contribution in [-0.2, 0) is 11.3 Å². The summed E-state index contributed by atoms with van der Waals surface area (Å²) < 4.78 is 11.6. The summed E-state index contributed by atoms with van der Waals surface area (Å²) in [4.78, 5) is 15.8. The van der Waals surface area contributed by atoms with Crippen molar-refractivity contribution < 1.29 is 14.3 Å². The molecule has 29 heavy (non-hydrogen) atoms. The minimum Gasteiger partial charge on any atom is -0.497 e. The van der Waals surface area contributed by atoms with Gasteiger partial charge in [-0.05, 0) is 37.8 Å². The number of aliphatic imine (C=N–C) groups is 1. The van der Waals surface area contributed by atoms with Crippen LogP contribution in [0.3, 0.4) is 0 Å². The molecule has 3 N–H and O–H groups in total. The molecule has 1 aliphatic carbocycles. The number of rotatable bonds is 9.